The number of anilines is 1. The number of methoxy groups -OCH3 is 3. The van der Waals surface area contributed by atoms with E-state index in [0.717, 1.165) is 53.0 Å². The summed E-state index contributed by atoms with van der Waals surface area (Å²) in [5, 5.41) is 12.9. The second-order valence-corrected chi connectivity index (χ2v) is 10.8. The molecular formula is C36H41N7O4. The minimum absolute atomic E-state index is 0.157. The molecule has 1 N–H and O–H groups in total. The highest BCUT2D eigenvalue weighted by Crippen LogP contribution is 2.35. The normalized spacial score (nSPS) is 12.4. The molecule has 0 bridgehead atoms. The number of hydrogen-bond donors (Lipinski definition) is 1. The molecule has 1 unspecified atom stereocenters. The van der Waals surface area contributed by atoms with E-state index in [4.69, 9.17) is 19.2 Å². The van der Waals surface area contributed by atoms with E-state index in [2.05, 4.69) is 25.5 Å². The molecule has 0 spiro atoms. The number of benzene rings is 2. The first-order valence-corrected chi connectivity index (χ1v) is 15.8. The number of aromatic nitrogens is 5. The summed E-state index contributed by atoms with van der Waals surface area (Å²) >= 11 is 0. The maximum Gasteiger partial charge on any atom is 0.254 e. The highest BCUT2D eigenvalue weighted by Gasteiger charge is 2.27. The van der Waals surface area contributed by atoms with Crippen molar-refractivity contribution < 1.29 is 19.0 Å². The van der Waals surface area contributed by atoms with Crippen molar-refractivity contribution in [2.75, 3.05) is 26.6 Å². The van der Waals surface area contributed by atoms with Crippen LogP contribution in [-0.2, 0) is 25.9 Å². The SMILES string of the molecule is CC.COc1ccc(CNc2nc3ccc(C(=O)N(Cc4ccc(OC)nn4)C(C)c4ncccn4)cc3c3c2CCC3)c(OC)c1. The van der Waals surface area contributed by atoms with Crippen molar-refractivity contribution in [1.82, 2.24) is 30.0 Å². The molecule has 3 heterocycles. The van der Waals surface area contributed by atoms with Crippen LogP contribution in [0, 0.1) is 0 Å². The highest BCUT2D eigenvalue weighted by atomic mass is 16.5. The molecule has 0 radical (unpaired) electrons. The Bertz CT molecular complexity index is 1820. The van der Waals surface area contributed by atoms with E-state index in [1.807, 2.05) is 57.2 Å². The summed E-state index contributed by atoms with van der Waals surface area (Å²) in [5.74, 6) is 3.15. The summed E-state index contributed by atoms with van der Waals surface area (Å²) in [6, 6.07) is 16.4. The summed E-state index contributed by atoms with van der Waals surface area (Å²) < 4.78 is 16.1. The van der Waals surface area contributed by atoms with Crippen molar-refractivity contribution in [3.63, 3.8) is 0 Å². The van der Waals surface area contributed by atoms with Gasteiger partial charge in [-0.3, -0.25) is 4.79 Å². The van der Waals surface area contributed by atoms with E-state index >= 15 is 0 Å². The number of amides is 1. The molecular weight excluding hydrogens is 594 g/mol. The number of rotatable bonds is 11. The van der Waals surface area contributed by atoms with Crippen LogP contribution < -0.4 is 19.5 Å². The Labute approximate surface area is 275 Å². The van der Waals surface area contributed by atoms with Gasteiger partial charge in [0.25, 0.3) is 5.91 Å². The molecule has 11 nitrogen and oxygen atoms in total. The zero-order chi connectivity index (χ0) is 33.3. The molecule has 3 aromatic heterocycles. The number of hydrogen-bond acceptors (Lipinski definition) is 10. The number of carbonyl (C=O) groups excluding carboxylic acids is 1. The maximum atomic E-state index is 14.2. The smallest absolute Gasteiger partial charge is 0.254 e. The largest absolute Gasteiger partial charge is 0.497 e. The molecule has 0 saturated heterocycles. The second kappa shape index (κ2) is 15.3. The molecule has 1 amide bonds. The molecule has 0 saturated carbocycles. The lowest BCUT2D eigenvalue weighted by Crippen LogP contribution is -2.34. The van der Waals surface area contributed by atoms with Gasteiger partial charge in [-0.05, 0) is 79.8 Å². The Balaban J connectivity index is 0.00000213. The van der Waals surface area contributed by atoms with Gasteiger partial charge in [-0.25, -0.2) is 15.0 Å². The van der Waals surface area contributed by atoms with Crippen LogP contribution in [0.4, 0.5) is 5.82 Å². The molecule has 2 aromatic carbocycles. The van der Waals surface area contributed by atoms with Crippen LogP contribution in [0.25, 0.3) is 10.9 Å². The first kappa shape index (κ1) is 33.1. The van der Waals surface area contributed by atoms with E-state index in [9.17, 15) is 4.79 Å². The van der Waals surface area contributed by atoms with Gasteiger partial charge in [0.05, 0.1) is 45.1 Å². The molecule has 0 fully saturated rings. The van der Waals surface area contributed by atoms with Gasteiger partial charge in [0.15, 0.2) is 0 Å². The predicted octanol–water partition coefficient (Wildman–Crippen LogP) is 6.37. The summed E-state index contributed by atoms with van der Waals surface area (Å²) in [4.78, 5) is 29.8. The lowest BCUT2D eigenvalue weighted by atomic mass is 10.0. The molecule has 1 aliphatic carbocycles. The maximum absolute atomic E-state index is 14.2. The fourth-order valence-electron chi connectivity index (χ4n) is 5.75. The molecule has 0 aliphatic heterocycles. The van der Waals surface area contributed by atoms with Crippen molar-refractivity contribution in [3.05, 3.63) is 101 Å². The van der Waals surface area contributed by atoms with Gasteiger partial charge < -0.3 is 24.4 Å². The summed E-state index contributed by atoms with van der Waals surface area (Å²) in [5.41, 5.74) is 5.45. The molecule has 244 valence electrons. The van der Waals surface area contributed by atoms with Crippen molar-refractivity contribution in [2.24, 2.45) is 0 Å². The summed E-state index contributed by atoms with van der Waals surface area (Å²) in [7, 11) is 4.83. The molecule has 6 rings (SSSR count). The van der Waals surface area contributed by atoms with Crippen LogP contribution in [0.1, 0.15) is 71.8 Å². The van der Waals surface area contributed by atoms with Gasteiger partial charge in [0.2, 0.25) is 5.88 Å². The first-order chi connectivity index (χ1) is 23.0. The van der Waals surface area contributed by atoms with Gasteiger partial charge in [-0.15, -0.1) is 5.10 Å². The van der Waals surface area contributed by atoms with Crippen LogP contribution in [0.5, 0.6) is 17.4 Å². The highest BCUT2D eigenvalue weighted by molar-refractivity contribution is 5.99. The topological polar surface area (TPSA) is 124 Å². The van der Waals surface area contributed by atoms with Gasteiger partial charge in [0, 0.05) is 47.6 Å². The number of ether oxygens (including phenoxy) is 3. The Morgan fingerprint density at radius 1 is 0.915 bits per heavy atom. The monoisotopic (exact) mass is 635 g/mol. The third kappa shape index (κ3) is 7.24. The van der Waals surface area contributed by atoms with Crippen LogP contribution in [0.2, 0.25) is 0 Å². The number of pyridine rings is 1. The molecule has 47 heavy (non-hydrogen) atoms. The minimum Gasteiger partial charge on any atom is -0.497 e. The van der Waals surface area contributed by atoms with Crippen molar-refractivity contribution in [3.8, 4) is 17.4 Å². The third-order valence-electron chi connectivity index (χ3n) is 8.17. The Morgan fingerprint density at radius 2 is 1.70 bits per heavy atom. The standard InChI is InChI=1S/C34H35N7O4.C2H6/c1-21(32-35-15-6-16-36-32)41(20-24-11-14-31(45-4)40-39-24)34(42)22-10-13-29-28(17-22)26-7-5-8-27(26)33(38-29)37-19-23-9-12-25(43-2)18-30(23)44-3;1-2/h6,9-18,21H,5,7-8,19-20H2,1-4H3,(H,37,38);1-2H3. The number of aryl methyl sites for hydroxylation is 1. The number of carbonyl (C=O) groups is 1. The second-order valence-electron chi connectivity index (χ2n) is 10.8. The molecule has 1 aliphatic rings. The Kier molecular flexibility index (Phi) is 10.8. The van der Waals surface area contributed by atoms with E-state index in [0.29, 0.717) is 29.5 Å². The van der Waals surface area contributed by atoms with Crippen LogP contribution >= 0.6 is 0 Å². The zero-order valence-electron chi connectivity index (χ0n) is 27.8. The lowest BCUT2D eigenvalue weighted by molar-refractivity contribution is 0.0663. The van der Waals surface area contributed by atoms with Crippen LogP contribution in [-0.4, -0.2) is 57.3 Å². The first-order valence-electron chi connectivity index (χ1n) is 15.8. The lowest BCUT2D eigenvalue weighted by Gasteiger charge is -2.28. The summed E-state index contributed by atoms with van der Waals surface area (Å²) in [6.07, 6.45) is 6.22. The quantitative estimate of drug-likeness (QED) is 0.175. The van der Waals surface area contributed by atoms with Crippen LogP contribution in [0.3, 0.4) is 0 Å². The van der Waals surface area contributed by atoms with Gasteiger partial charge >= 0.3 is 0 Å². The van der Waals surface area contributed by atoms with Gasteiger partial charge in [-0.1, -0.05) is 13.8 Å². The van der Waals surface area contributed by atoms with Gasteiger partial charge in [-0.2, -0.15) is 5.10 Å². The fraction of sp³-hybridized carbons (Fsp3) is 0.333. The Hall–Kier alpha value is -5.32. The van der Waals surface area contributed by atoms with Gasteiger partial charge in [0.1, 0.15) is 23.1 Å². The fourth-order valence-corrected chi connectivity index (χ4v) is 5.75. The van der Waals surface area contributed by atoms with E-state index in [1.54, 1.807) is 49.7 Å². The van der Waals surface area contributed by atoms with Crippen molar-refractivity contribution in [2.45, 2.75) is 59.2 Å². The molecule has 5 aromatic rings. The van der Waals surface area contributed by atoms with E-state index in [1.165, 1.54) is 18.2 Å². The van der Waals surface area contributed by atoms with Crippen molar-refractivity contribution in [1.29, 1.82) is 0 Å². The van der Waals surface area contributed by atoms with E-state index in [-0.39, 0.29) is 12.5 Å². The zero-order valence-corrected chi connectivity index (χ0v) is 27.8. The average Bonchev–Trinajstić information content (AvgIpc) is 3.64. The number of nitrogens with one attached hydrogen (secondary N) is 1. The van der Waals surface area contributed by atoms with Crippen molar-refractivity contribution >= 4 is 22.6 Å². The minimum atomic E-state index is -0.413. The Morgan fingerprint density at radius 3 is 2.40 bits per heavy atom. The number of fused-ring (bicyclic) bond motifs is 3. The average molecular weight is 636 g/mol. The molecule has 11 heteroatoms. The predicted molar refractivity (Wildman–Crippen MR) is 181 cm³/mol. The third-order valence-corrected chi connectivity index (χ3v) is 8.17. The number of nitrogens with zero attached hydrogens (tertiary/aromatic N) is 6. The van der Waals surface area contributed by atoms with Crippen LogP contribution in [0.15, 0.2) is 67.0 Å². The molecule has 1 atom stereocenters. The van der Waals surface area contributed by atoms with E-state index < -0.39 is 6.04 Å². The summed E-state index contributed by atoms with van der Waals surface area (Å²) in [6.45, 7) is 6.69.